The highest BCUT2D eigenvalue weighted by atomic mass is 16.5. The van der Waals surface area contributed by atoms with Crippen molar-refractivity contribution in [2.75, 3.05) is 6.61 Å². The Labute approximate surface area is 116 Å². The minimum absolute atomic E-state index is 0.0183. The summed E-state index contributed by atoms with van der Waals surface area (Å²) in [6, 6.07) is 9.21. The number of ether oxygens (including phenoxy) is 1. The molecular formula is C15H15NO4. The van der Waals surface area contributed by atoms with Gasteiger partial charge in [-0.05, 0) is 25.5 Å². The van der Waals surface area contributed by atoms with Crippen LogP contribution in [0.4, 0.5) is 0 Å². The zero-order valence-electron chi connectivity index (χ0n) is 11.3. The molecule has 0 atom stereocenters. The fraction of sp³-hybridized carbons (Fsp3) is 0.200. The van der Waals surface area contributed by atoms with E-state index < -0.39 is 5.97 Å². The fourth-order valence-corrected chi connectivity index (χ4v) is 1.76. The summed E-state index contributed by atoms with van der Waals surface area (Å²) in [5, 5.41) is 13.8. The van der Waals surface area contributed by atoms with Gasteiger partial charge in [-0.15, -0.1) is 0 Å². The van der Waals surface area contributed by atoms with E-state index in [-0.39, 0.29) is 23.7 Å². The molecule has 0 spiro atoms. The smallest absolute Gasteiger partial charge is 0.344 e. The first-order valence-corrected chi connectivity index (χ1v) is 6.23. The third-order valence-corrected chi connectivity index (χ3v) is 2.68. The van der Waals surface area contributed by atoms with Crippen LogP contribution in [0.2, 0.25) is 0 Å². The van der Waals surface area contributed by atoms with Gasteiger partial charge in [0.1, 0.15) is 5.56 Å². The quantitative estimate of drug-likeness (QED) is 0.684. The lowest BCUT2D eigenvalue weighted by molar-refractivity contribution is 0.0524. The largest absolute Gasteiger partial charge is 0.504 e. The Hall–Kier alpha value is -2.56. The molecule has 20 heavy (non-hydrogen) atoms. The highest BCUT2D eigenvalue weighted by Gasteiger charge is 2.24. The SMILES string of the molecule is CCOC(=O)c1c(C)noc1/C(O)=C/c1ccccc1. The normalized spacial score (nSPS) is 11.4. The summed E-state index contributed by atoms with van der Waals surface area (Å²) >= 11 is 0. The van der Waals surface area contributed by atoms with Gasteiger partial charge in [-0.1, -0.05) is 35.5 Å². The number of aliphatic hydroxyl groups is 1. The molecule has 1 N–H and O–H groups in total. The summed E-state index contributed by atoms with van der Waals surface area (Å²) in [5.41, 5.74) is 1.32. The lowest BCUT2D eigenvalue weighted by atomic mass is 10.1. The molecule has 1 heterocycles. The predicted molar refractivity (Wildman–Crippen MR) is 74.1 cm³/mol. The molecule has 0 radical (unpaired) electrons. The monoisotopic (exact) mass is 273 g/mol. The maximum atomic E-state index is 11.8. The number of aromatic nitrogens is 1. The number of nitrogens with zero attached hydrogens (tertiary/aromatic N) is 1. The van der Waals surface area contributed by atoms with Crippen LogP contribution in [0, 0.1) is 6.92 Å². The molecule has 1 aromatic carbocycles. The molecular weight excluding hydrogens is 258 g/mol. The van der Waals surface area contributed by atoms with Gasteiger partial charge in [0.25, 0.3) is 0 Å². The van der Waals surface area contributed by atoms with Crippen LogP contribution in [0.25, 0.3) is 11.8 Å². The fourth-order valence-electron chi connectivity index (χ4n) is 1.76. The second-order valence-corrected chi connectivity index (χ2v) is 4.13. The number of aryl methyl sites for hydroxylation is 1. The van der Waals surface area contributed by atoms with Crippen molar-refractivity contribution in [3.63, 3.8) is 0 Å². The minimum Gasteiger partial charge on any atom is -0.504 e. The zero-order chi connectivity index (χ0) is 14.5. The van der Waals surface area contributed by atoms with Crippen LogP contribution in [0.1, 0.15) is 34.3 Å². The summed E-state index contributed by atoms with van der Waals surface area (Å²) in [5.74, 6) is -0.709. The van der Waals surface area contributed by atoms with E-state index >= 15 is 0 Å². The van der Waals surface area contributed by atoms with Crippen LogP contribution < -0.4 is 0 Å². The number of carbonyl (C=O) groups is 1. The van der Waals surface area contributed by atoms with Gasteiger partial charge in [-0.3, -0.25) is 0 Å². The van der Waals surface area contributed by atoms with Gasteiger partial charge in [0.15, 0.2) is 5.76 Å². The van der Waals surface area contributed by atoms with E-state index in [9.17, 15) is 9.90 Å². The Balaban J connectivity index is 2.38. The molecule has 5 heteroatoms. The standard InChI is InChI=1S/C15H15NO4/c1-3-19-15(18)13-10(2)16-20-14(13)12(17)9-11-7-5-4-6-8-11/h4-9,17H,3H2,1-2H3/b12-9-. The highest BCUT2D eigenvalue weighted by molar-refractivity contribution is 5.96. The zero-order valence-corrected chi connectivity index (χ0v) is 11.3. The summed E-state index contributed by atoms with van der Waals surface area (Å²) in [6.45, 7) is 3.57. The Morgan fingerprint density at radius 2 is 2.10 bits per heavy atom. The number of carbonyl (C=O) groups excluding carboxylic acids is 1. The van der Waals surface area contributed by atoms with E-state index in [1.807, 2.05) is 30.3 Å². The average Bonchev–Trinajstić information content (AvgIpc) is 2.82. The van der Waals surface area contributed by atoms with E-state index in [1.54, 1.807) is 13.8 Å². The third-order valence-electron chi connectivity index (χ3n) is 2.68. The molecule has 1 aromatic heterocycles. The van der Waals surface area contributed by atoms with E-state index in [4.69, 9.17) is 9.26 Å². The van der Waals surface area contributed by atoms with E-state index in [1.165, 1.54) is 6.08 Å². The number of aliphatic hydroxyl groups excluding tert-OH is 1. The van der Waals surface area contributed by atoms with Gasteiger partial charge < -0.3 is 14.4 Å². The van der Waals surface area contributed by atoms with Crippen LogP contribution in [0.15, 0.2) is 34.9 Å². The lowest BCUT2D eigenvalue weighted by Gasteiger charge is -2.02. The maximum Gasteiger partial charge on any atom is 0.344 e. The molecule has 2 aromatic rings. The van der Waals surface area contributed by atoms with Crippen LogP contribution in [0.3, 0.4) is 0 Å². The molecule has 0 unspecified atom stereocenters. The van der Waals surface area contributed by atoms with E-state index in [0.29, 0.717) is 5.69 Å². The number of esters is 1. The molecule has 0 fully saturated rings. The Morgan fingerprint density at radius 1 is 1.40 bits per heavy atom. The second-order valence-electron chi connectivity index (χ2n) is 4.13. The van der Waals surface area contributed by atoms with Crippen molar-refractivity contribution in [1.29, 1.82) is 0 Å². The van der Waals surface area contributed by atoms with Gasteiger partial charge >= 0.3 is 5.97 Å². The van der Waals surface area contributed by atoms with E-state index in [0.717, 1.165) is 5.56 Å². The summed E-state index contributed by atoms with van der Waals surface area (Å²) in [7, 11) is 0. The molecule has 0 aliphatic carbocycles. The van der Waals surface area contributed by atoms with Gasteiger partial charge in [-0.2, -0.15) is 0 Å². The Bertz CT molecular complexity index is 629. The van der Waals surface area contributed by atoms with Gasteiger partial charge in [0.2, 0.25) is 5.76 Å². The van der Waals surface area contributed by atoms with Crippen LogP contribution >= 0.6 is 0 Å². The third kappa shape index (κ3) is 2.88. The summed E-state index contributed by atoms with van der Waals surface area (Å²) in [6.07, 6.45) is 1.50. The topological polar surface area (TPSA) is 72.6 Å². The van der Waals surface area contributed by atoms with Gasteiger partial charge in [-0.25, -0.2) is 4.79 Å². The molecule has 0 saturated heterocycles. The number of hydrogen-bond donors (Lipinski definition) is 1. The molecule has 0 aliphatic heterocycles. The maximum absolute atomic E-state index is 11.8. The van der Waals surface area contributed by atoms with Crippen molar-refractivity contribution in [3.05, 3.63) is 52.9 Å². The first-order chi connectivity index (χ1) is 9.63. The number of benzene rings is 1. The van der Waals surface area contributed by atoms with Crippen molar-refractivity contribution < 1.29 is 19.2 Å². The van der Waals surface area contributed by atoms with E-state index in [2.05, 4.69) is 5.16 Å². The molecule has 0 amide bonds. The molecule has 2 rings (SSSR count). The van der Waals surface area contributed by atoms with Crippen LogP contribution in [0.5, 0.6) is 0 Å². The van der Waals surface area contributed by atoms with Crippen molar-refractivity contribution in [1.82, 2.24) is 5.16 Å². The molecule has 0 saturated carbocycles. The molecule has 0 aliphatic rings. The van der Waals surface area contributed by atoms with Crippen molar-refractivity contribution in [2.45, 2.75) is 13.8 Å². The average molecular weight is 273 g/mol. The second kappa shape index (κ2) is 6.06. The number of hydrogen-bond acceptors (Lipinski definition) is 5. The Kier molecular flexibility index (Phi) is 4.20. The highest BCUT2D eigenvalue weighted by Crippen LogP contribution is 2.23. The number of rotatable bonds is 4. The van der Waals surface area contributed by atoms with Gasteiger partial charge in [0.05, 0.1) is 12.3 Å². The van der Waals surface area contributed by atoms with Crippen LogP contribution in [-0.4, -0.2) is 22.8 Å². The molecule has 0 bridgehead atoms. The first-order valence-electron chi connectivity index (χ1n) is 6.23. The van der Waals surface area contributed by atoms with Crippen molar-refractivity contribution in [3.8, 4) is 0 Å². The van der Waals surface area contributed by atoms with Crippen molar-refractivity contribution in [2.24, 2.45) is 0 Å². The molecule has 104 valence electrons. The summed E-state index contributed by atoms with van der Waals surface area (Å²) in [4.78, 5) is 11.8. The predicted octanol–water partition coefficient (Wildman–Crippen LogP) is 3.22. The minimum atomic E-state index is -0.561. The summed E-state index contributed by atoms with van der Waals surface area (Å²) < 4.78 is 9.96. The van der Waals surface area contributed by atoms with Crippen molar-refractivity contribution >= 4 is 17.8 Å². The van der Waals surface area contributed by atoms with Gasteiger partial charge in [0, 0.05) is 0 Å². The lowest BCUT2D eigenvalue weighted by Crippen LogP contribution is -2.07. The first kappa shape index (κ1) is 13.9. The molecule has 5 nitrogen and oxygen atoms in total. The van der Waals surface area contributed by atoms with Crippen LogP contribution in [-0.2, 0) is 4.74 Å². The Morgan fingerprint density at radius 3 is 2.75 bits per heavy atom.